The molecular weight excluding hydrogens is 306 g/mol. The van der Waals surface area contributed by atoms with Crippen LogP contribution in [0.3, 0.4) is 0 Å². The molecule has 0 amide bonds. The predicted molar refractivity (Wildman–Crippen MR) is 103 cm³/mol. The van der Waals surface area contributed by atoms with Gasteiger partial charge in [0.05, 0.1) is 11.0 Å². The van der Waals surface area contributed by atoms with Crippen molar-refractivity contribution < 1.29 is 0 Å². The van der Waals surface area contributed by atoms with Gasteiger partial charge in [-0.2, -0.15) is 0 Å². The summed E-state index contributed by atoms with van der Waals surface area (Å²) in [4.78, 5) is 4.88. The maximum Gasteiger partial charge on any atom is 0.141 e. The highest BCUT2D eigenvalue weighted by molar-refractivity contribution is 5.80. The molecule has 0 saturated carbocycles. The summed E-state index contributed by atoms with van der Waals surface area (Å²) in [5.74, 6) is 1.01. The van der Waals surface area contributed by atoms with Crippen molar-refractivity contribution in [1.82, 2.24) is 9.55 Å². The molecule has 0 unspecified atom stereocenters. The number of nitrogens with zero attached hydrogens (tertiary/aromatic N) is 2. The van der Waals surface area contributed by atoms with Gasteiger partial charge in [0.25, 0.3) is 0 Å². The minimum atomic E-state index is 0.560. The third-order valence-electron chi connectivity index (χ3n) is 4.57. The van der Waals surface area contributed by atoms with Gasteiger partial charge in [-0.1, -0.05) is 66.7 Å². The van der Waals surface area contributed by atoms with Crippen molar-refractivity contribution in [1.29, 1.82) is 0 Å². The second-order valence-corrected chi connectivity index (χ2v) is 6.21. The molecule has 0 aliphatic heterocycles. The lowest BCUT2D eigenvalue weighted by atomic mass is 10.1. The summed E-state index contributed by atoms with van der Waals surface area (Å²) < 4.78 is 2.32. The molecule has 0 aliphatic carbocycles. The highest BCUT2D eigenvalue weighted by Crippen LogP contribution is 2.25. The molecule has 25 heavy (non-hydrogen) atoms. The first kappa shape index (κ1) is 15.6. The van der Waals surface area contributed by atoms with Crippen molar-refractivity contribution in [3.05, 3.63) is 90.0 Å². The van der Waals surface area contributed by atoms with Crippen LogP contribution in [0.25, 0.3) is 22.4 Å². The lowest BCUT2D eigenvalue weighted by Crippen LogP contribution is -2.04. The van der Waals surface area contributed by atoms with Crippen molar-refractivity contribution >= 4 is 11.0 Å². The average Bonchev–Trinajstić information content (AvgIpc) is 3.06. The molecule has 0 aliphatic rings. The molecule has 2 N–H and O–H groups in total. The van der Waals surface area contributed by atoms with Crippen LogP contribution in [0.4, 0.5) is 0 Å². The molecule has 0 atom stereocenters. The summed E-state index contributed by atoms with van der Waals surface area (Å²) in [7, 11) is 0. The minimum absolute atomic E-state index is 0.560. The Morgan fingerprint density at radius 2 is 1.48 bits per heavy atom. The summed E-state index contributed by atoms with van der Waals surface area (Å²) in [6.07, 6.45) is 0.981. The van der Waals surface area contributed by atoms with Crippen molar-refractivity contribution in [2.24, 2.45) is 5.73 Å². The number of nitrogens with two attached hydrogens (primary N) is 1. The maximum absolute atomic E-state index is 5.72. The Bertz CT molecular complexity index is 969. The van der Waals surface area contributed by atoms with Crippen LogP contribution in [0, 0.1) is 0 Å². The van der Waals surface area contributed by atoms with E-state index in [9.17, 15) is 0 Å². The molecule has 0 saturated heterocycles. The Kier molecular flexibility index (Phi) is 4.32. The van der Waals surface area contributed by atoms with Crippen LogP contribution in [-0.2, 0) is 19.5 Å². The first-order valence-corrected chi connectivity index (χ1v) is 8.64. The van der Waals surface area contributed by atoms with Crippen LogP contribution in [-0.4, -0.2) is 9.55 Å². The molecule has 3 nitrogen and oxygen atoms in total. The molecule has 0 bridgehead atoms. The number of aryl methyl sites for hydroxylation is 2. The number of hydrogen-bond donors (Lipinski definition) is 1. The van der Waals surface area contributed by atoms with Gasteiger partial charge >= 0.3 is 0 Å². The van der Waals surface area contributed by atoms with Crippen molar-refractivity contribution in [3.63, 3.8) is 0 Å². The Labute approximate surface area is 147 Å². The van der Waals surface area contributed by atoms with E-state index in [1.54, 1.807) is 0 Å². The molecule has 1 heterocycles. The van der Waals surface area contributed by atoms with E-state index >= 15 is 0 Å². The molecular formula is C22H21N3. The monoisotopic (exact) mass is 327 g/mol. The van der Waals surface area contributed by atoms with Gasteiger partial charge in [0.1, 0.15) is 5.82 Å². The zero-order chi connectivity index (χ0) is 17.1. The van der Waals surface area contributed by atoms with Gasteiger partial charge < -0.3 is 10.3 Å². The van der Waals surface area contributed by atoms with Crippen molar-refractivity contribution in [3.8, 4) is 11.4 Å². The topological polar surface area (TPSA) is 43.8 Å². The largest absolute Gasteiger partial charge is 0.326 e. The average molecular weight is 327 g/mol. The highest BCUT2D eigenvalue weighted by Gasteiger charge is 2.12. The summed E-state index contributed by atoms with van der Waals surface area (Å²) >= 11 is 0. The third kappa shape index (κ3) is 3.19. The van der Waals surface area contributed by atoms with Gasteiger partial charge in [-0.25, -0.2) is 4.98 Å². The van der Waals surface area contributed by atoms with E-state index in [-0.39, 0.29) is 0 Å². The molecule has 4 aromatic rings. The molecule has 4 rings (SSSR count). The molecule has 1 aromatic heterocycles. The third-order valence-corrected chi connectivity index (χ3v) is 4.57. The molecule has 3 heteroatoms. The van der Waals surface area contributed by atoms with Crippen LogP contribution in [0.1, 0.15) is 11.1 Å². The van der Waals surface area contributed by atoms with Crippen LogP contribution in [0.15, 0.2) is 78.9 Å². The fourth-order valence-electron chi connectivity index (χ4n) is 3.20. The van der Waals surface area contributed by atoms with E-state index in [1.807, 2.05) is 6.07 Å². The smallest absolute Gasteiger partial charge is 0.141 e. The minimum Gasteiger partial charge on any atom is -0.326 e. The number of rotatable bonds is 5. The highest BCUT2D eigenvalue weighted by atomic mass is 15.1. The zero-order valence-corrected chi connectivity index (χ0v) is 14.1. The molecule has 0 fully saturated rings. The van der Waals surface area contributed by atoms with Crippen LogP contribution in [0.5, 0.6) is 0 Å². The SMILES string of the molecule is NCc1ccc(-c2nc3ccccc3n2CCc2ccccc2)cc1. The maximum atomic E-state index is 5.72. The molecule has 124 valence electrons. The first-order chi connectivity index (χ1) is 12.3. The zero-order valence-electron chi connectivity index (χ0n) is 14.1. The Morgan fingerprint density at radius 3 is 2.24 bits per heavy atom. The van der Waals surface area contributed by atoms with E-state index in [0.29, 0.717) is 6.54 Å². The number of fused-ring (bicyclic) bond motifs is 1. The van der Waals surface area contributed by atoms with Crippen LogP contribution in [0.2, 0.25) is 0 Å². The van der Waals surface area contributed by atoms with Crippen molar-refractivity contribution in [2.45, 2.75) is 19.5 Å². The van der Waals surface area contributed by atoms with Crippen molar-refractivity contribution in [2.75, 3.05) is 0 Å². The molecule has 3 aromatic carbocycles. The quantitative estimate of drug-likeness (QED) is 0.590. The second kappa shape index (κ2) is 6.91. The number of imidazole rings is 1. The fourth-order valence-corrected chi connectivity index (χ4v) is 3.20. The number of aromatic nitrogens is 2. The summed E-state index contributed by atoms with van der Waals surface area (Å²) in [6, 6.07) is 27.3. The van der Waals surface area contributed by atoms with Gasteiger partial charge in [-0.3, -0.25) is 0 Å². The van der Waals surface area contributed by atoms with E-state index in [1.165, 1.54) is 11.1 Å². The molecule has 0 radical (unpaired) electrons. The Balaban J connectivity index is 1.74. The lowest BCUT2D eigenvalue weighted by molar-refractivity contribution is 0.723. The lowest BCUT2D eigenvalue weighted by Gasteiger charge is -2.10. The van der Waals surface area contributed by atoms with Crippen LogP contribution < -0.4 is 5.73 Å². The second-order valence-electron chi connectivity index (χ2n) is 6.21. The first-order valence-electron chi connectivity index (χ1n) is 8.64. The normalized spacial score (nSPS) is 11.1. The number of para-hydroxylation sites is 2. The summed E-state index contributed by atoms with van der Waals surface area (Å²) in [6.45, 7) is 1.46. The number of benzene rings is 3. The summed E-state index contributed by atoms with van der Waals surface area (Å²) in [5, 5.41) is 0. The van der Waals surface area contributed by atoms with Gasteiger partial charge in [0.15, 0.2) is 0 Å². The van der Waals surface area contributed by atoms with Gasteiger partial charge in [0, 0.05) is 18.7 Å². The van der Waals surface area contributed by atoms with E-state index < -0.39 is 0 Å². The Hall–Kier alpha value is -2.91. The fraction of sp³-hybridized carbons (Fsp3) is 0.136. The summed E-state index contributed by atoms with van der Waals surface area (Å²) in [5.41, 5.74) is 11.5. The van der Waals surface area contributed by atoms with E-state index in [4.69, 9.17) is 10.7 Å². The van der Waals surface area contributed by atoms with E-state index in [2.05, 4.69) is 77.4 Å². The number of hydrogen-bond acceptors (Lipinski definition) is 2. The van der Waals surface area contributed by atoms with Gasteiger partial charge in [-0.05, 0) is 29.7 Å². The van der Waals surface area contributed by atoms with Crippen LogP contribution >= 0.6 is 0 Å². The Morgan fingerprint density at radius 1 is 0.760 bits per heavy atom. The van der Waals surface area contributed by atoms with Gasteiger partial charge in [-0.15, -0.1) is 0 Å². The molecule has 0 spiro atoms. The standard InChI is InChI=1S/C22H21N3/c23-16-18-10-12-19(13-11-18)22-24-20-8-4-5-9-21(20)25(22)15-14-17-6-2-1-3-7-17/h1-13H,14-16,23H2. The van der Waals surface area contributed by atoms with Gasteiger partial charge in [0.2, 0.25) is 0 Å². The van der Waals surface area contributed by atoms with E-state index in [0.717, 1.165) is 35.4 Å². The predicted octanol–water partition coefficient (Wildman–Crippen LogP) is 4.40.